The zero-order chi connectivity index (χ0) is 16.5. The SMILES string of the molecule is COCCN1CCN(CC(=O)NCc2ccc(OC)cc2)CC1. The fourth-order valence-electron chi connectivity index (χ4n) is 2.59. The zero-order valence-corrected chi connectivity index (χ0v) is 14.1. The van der Waals surface area contributed by atoms with Gasteiger partial charge in [-0.15, -0.1) is 0 Å². The fraction of sp³-hybridized carbons (Fsp3) is 0.588. The second-order valence-electron chi connectivity index (χ2n) is 5.74. The number of hydrogen-bond donors (Lipinski definition) is 1. The lowest BCUT2D eigenvalue weighted by Gasteiger charge is -2.34. The maximum Gasteiger partial charge on any atom is 0.234 e. The maximum absolute atomic E-state index is 12.1. The van der Waals surface area contributed by atoms with Crippen LogP contribution in [-0.4, -0.2) is 75.8 Å². The molecule has 1 heterocycles. The highest BCUT2D eigenvalue weighted by Crippen LogP contribution is 2.10. The van der Waals surface area contributed by atoms with Gasteiger partial charge < -0.3 is 14.8 Å². The van der Waals surface area contributed by atoms with Gasteiger partial charge in [0.1, 0.15) is 5.75 Å². The molecule has 1 fully saturated rings. The molecule has 0 spiro atoms. The normalized spacial score (nSPS) is 16.3. The Labute approximate surface area is 138 Å². The van der Waals surface area contributed by atoms with Crippen LogP contribution in [0.5, 0.6) is 5.75 Å². The van der Waals surface area contributed by atoms with Gasteiger partial charge in [-0.25, -0.2) is 0 Å². The van der Waals surface area contributed by atoms with Crippen molar-refractivity contribution in [3.8, 4) is 5.75 Å². The van der Waals surface area contributed by atoms with Crippen LogP contribution in [0.25, 0.3) is 0 Å². The molecular weight excluding hydrogens is 294 g/mol. The van der Waals surface area contributed by atoms with Crippen LogP contribution in [0.3, 0.4) is 0 Å². The van der Waals surface area contributed by atoms with E-state index in [2.05, 4.69) is 15.1 Å². The molecule has 0 unspecified atom stereocenters. The third-order valence-electron chi connectivity index (χ3n) is 4.09. The highest BCUT2D eigenvalue weighted by atomic mass is 16.5. The van der Waals surface area contributed by atoms with Crippen molar-refractivity contribution in [1.29, 1.82) is 0 Å². The quantitative estimate of drug-likeness (QED) is 0.759. The molecule has 1 amide bonds. The Bertz CT molecular complexity index is 470. The molecule has 1 aliphatic heterocycles. The number of carbonyl (C=O) groups is 1. The smallest absolute Gasteiger partial charge is 0.234 e. The van der Waals surface area contributed by atoms with Crippen LogP contribution < -0.4 is 10.1 Å². The molecule has 23 heavy (non-hydrogen) atoms. The molecule has 128 valence electrons. The molecule has 0 saturated carbocycles. The molecular formula is C17H27N3O3. The van der Waals surface area contributed by atoms with Crippen LogP contribution in [0.4, 0.5) is 0 Å². The fourth-order valence-corrected chi connectivity index (χ4v) is 2.59. The van der Waals surface area contributed by atoms with Gasteiger partial charge in [0.15, 0.2) is 0 Å². The summed E-state index contributed by atoms with van der Waals surface area (Å²) in [6.07, 6.45) is 0. The minimum Gasteiger partial charge on any atom is -0.497 e. The van der Waals surface area contributed by atoms with Crippen molar-refractivity contribution in [3.05, 3.63) is 29.8 Å². The Hall–Kier alpha value is -1.63. The molecule has 0 atom stereocenters. The van der Waals surface area contributed by atoms with Gasteiger partial charge in [0.05, 0.1) is 20.3 Å². The van der Waals surface area contributed by atoms with Crippen LogP contribution in [-0.2, 0) is 16.1 Å². The van der Waals surface area contributed by atoms with Gasteiger partial charge >= 0.3 is 0 Å². The first kappa shape index (κ1) is 17.7. The lowest BCUT2D eigenvalue weighted by atomic mass is 10.2. The third-order valence-corrected chi connectivity index (χ3v) is 4.09. The number of methoxy groups -OCH3 is 2. The minimum absolute atomic E-state index is 0.0751. The Morgan fingerprint density at radius 1 is 1.09 bits per heavy atom. The van der Waals surface area contributed by atoms with Crippen LogP contribution in [0.2, 0.25) is 0 Å². The topological polar surface area (TPSA) is 54.0 Å². The van der Waals surface area contributed by atoms with Crippen molar-refractivity contribution in [1.82, 2.24) is 15.1 Å². The standard InChI is InChI=1S/C17H27N3O3/c1-22-12-11-19-7-9-20(10-8-19)14-17(21)18-13-15-3-5-16(23-2)6-4-15/h3-6H,7-14H2,1-2H3,(H,18,21). The monoisotopic (exact) mass is 321 g/mol. The van der Waals surface area contributed by atoms with E-state index in [1.807, 2.05) is 24.3 Å². The summed E-state index contributed by atoms with van der Waals surface area (Å²) in [6, 6.07) is 7.74. The van der Waals surface area contributed by atoms with Crippen molar-refractivity contribution in [2.24, 2.45) is 0 Å². The second-order valence-corrected chi connectivity index (χ2v) is 5.74. The number of piperazine rings is 1. The maximum atomic E-state index is 12.1. The first-order valence-electron chi connectivity index (χ1n) is 8.04. The summed E-state index contributed by atoms with van der Waals surface area (Å²) in [4.78, 5) is 16.6. The molecule has 6 nitrogen and oxygen atoms in total. The number of amides is 1. The number of benzene rings is 1. The van der Waals surface area contributed by atoms with Crippen molar-refractivity contribution in [2.45, 2.75) is 6.54 Å². The van der Waals surface area contributed by atoms with Crippen LogP contribution >= 0.6 is 0 Å². The number of ether oxygens (including phenoxy) is 2. The van der Waals surface area contributed by atoms with E-state index in [-0.39, 0.29) is 5.91 Å². The summed E-state index contributed by atoms with van der Waals surface area (Å²) >= 11 is 0. The average molecular weight is 321 g/mol. The molecule has 0 aliphatic carbocycles. The van der Waals surface area contributed by atoms with Gasteiger partial charge in [-0.2, -0.15) is 0 Å². The molecule has 6 heteroatoms. The zero-order valence-electron chi connectivity index (χ0n) is 14.1. The van der Waals surface area contributed by atoms with E-state index in [4.69, 9.17) is 9.47 Å². The van der Waals surface area contributed by atoms with E-state index >= 15 is 0 Å². The summed E-state index contributed by atoms with van der Waals surface area (Å²) in [7, 11) is 3.37. The molecule has 0 bridgehead atoms. The lowest BCUT2D eigenvalue weighted by molar-refractivity contribution is -0.122. The average Bonchev–Trinajstić information content (AvgIpc) is 2.60. The van der Waals surface area contributed by atoms with Gasteiger partial charge in [0.25, 0.3) is 0 Å². The molecule has 2 rings (SSSR count). The Balaban J connectivity index is 1.65. The number of rotatable bonds is 8. The molecule has 1 N–H and O–H groups in total. The number of nitrogens with zero attached hydrogens (tertiary/aromatic N) is 2. The van der Waals surface area contributed by atoms with Gasteiger partial charge in [-0.05, 0) is 17.7 Å². The predicted molar refractivity (Wildman–Crippen MR) is 89.6 cm³/mol. The Morgan fingerprint density at radius 3 is 2.35 bits per heavy atom. The molecule has 1 saturated heterocycles. The molecule has 1 aromatic carbocycles. The van der Waals surface area contributed by atoms with Crippen LogP contribution in [0.15, 0.2) is 24.3 Å². The van der Waals surface area contributed by atoms with E-state index < -0.39 is 0 Å². The first-order chi connectivity index (χ1) is 11.2. The Kier molecular flexibility index (Phi) is 7.32. The van der Waals surface area contributed by atoms with Crippen molar-refractivity contribution >= 4 is 5.91 Å². The van der Waals surface area contributed by atoms with Crippen molar-refractivity contribution in [3.63, 3.8) is 0 Å². The molecule has 1 aliphatic rings. The summed E-state index contributed by atoms with van der Waals surface area (Å²) in [5.41, 5.74) is 1.07. The van der Waals surface area contributed by atoms with E-state index in [9.17, 15) is 4.79 Å². The van der Waals surface area contributed by atoms with Gasteiger partial charge in [0, 0.05) is 46.4 Å². The summed E-state index contributed by atoms with van der Waals surface area (Å²) < 4.78 is 10.2. The van der Waals surface area contributed by atoms with E-state index in [0.29, 0.717) is 13.1 Å². The van der Waals surface area contributed by atoms with E-state index in [0.717, 1.165) is 50.6 Å². The van der Waals surface area contributed by atoms with Gasteiger partial charge in [0.2, 0.25) is 5.91 Å². The predicted octanol–water partition coefficient (Wildman–Crippen LogP) is 0.575. The highest BCUT2D eigenvalue weighted by molar-refractivity contribution is 5.78. The molecule has 0 aromatic heterocycles. The summed E-state index contributed by atoms with van der Waals surface area (Å²) in [5, 5.41) is 2.97. The van der Waals surface area contributed by atoms with Crippen LogP contribution in [0, 0.1) is 0 Å². The minimum atomic E-state index is 0.0751. The van der Waals surface area contributed by atoms with Gasteiger partial charge in [-0.3, -0.25) is 14.6 Å². The lowest BCUT2D eigenvalue weighted by Crippen LogP contribution is -2.49. The number of nitrogens with one attached hydrogen (secondary N) is 1. The van der Waals surface area contributed by atoms with Crippen molar-refractivity contribution in [2.75, 3.05) is 60.1 Å². The Morgan fingerprint density at radius 2 is 1.74 bits per heavy atom. The first-order valence-corrected chi connectivity index (χ1v) is 8.04. The number of hydrogen-bond acceptors (Lipinski definition) is 5. The van der Waals surface area contributed by atoms with E-state index in [1.165, 1.54) is 0 Å². The summed E-state index contributed by atoms with van der Waals surface area (Å²) in [5.74, 6) is 0.901. The van der Waals surface area contributed by atoms with E-state index in [1.54, 1.807) is 14.2 Å². The second kappa shape index (κ2) is 9.50. The third kappa shape index (κ3) is 6.17. The summed E-state index contributed by atoms with van der Waals surface area (Å²) in [6.45, 7) is 6.60. The van der Waals surface area contributed by atoms with Crippen molar-refractivity contribution < 1.29 is 14.3 Å². The van der Waals surface area contributed by atoms with Gasteiger partial charge in [-0.1, -0.05) is 12.1 Å². The largest absolute Gasteiger partial charge is 0.497 e. The number of carbonyl (C=O) groups excluding carboxylic acids is 1. The highest BCUT2D eigenvalue weighted by Gasteiger charge is 2.18. The molecule has 0 radical (unpaired) electrons. The molecule has 1 aromatic rings. The van der Waals surface area contributed by atoms with Crippen LogP contribution in [0.1, 0.15) is 5.56 Å².